The molecule has 0 saturated carbocycles. The standard InChI is InChI=1S/C12H10ClN3O3S/c1-8-4-10(16-19-8)7-15-20(17,18)11-3-2-9(6-14)12(13)5-11/h2-5,15H,7H2,1H3. The van der Waals surface area contributed by atoms with Gasteiger partial charge in [0.25, 0.3) is 0 Å². The van der Waals surface area contributed by atoms with Crippen molar-refractivity contribution in [2.75, 3.05) is 0 Å². The van der Waals surface area contributed by atoms with E-state index in [0.29, 0.717) is 11.5 Å². The van der Waals surface area contributed by atoms with Crippen LogP contribution in [-0.4, -0.2) is 13.6 Å². The number of hydrogen-bond donors (Lipinski definition) is 1. The molecule has 0 bridgehead atoms. The molecule has 0 aliphatic rings. The van der Waals surface area contributed by atoms with Crippen molar-refractivity contribution >= 4 is 21.6 Å². The Balaban J connectivity index is 2.18. The molecule has 0 radical (unpaired) electrons. The Hall–Kier alpha value is -1.88. The highest BCUT2D eigenvalue weighted by atomic mass is 35.5. The Morgan fingerprint density at radius 3 is 2.75 bits per heavy atom. The zero-order chi connectivity index (χ0) is 14.8. The van der Waals surface area contributed by atoms with E-state index in [0.717, 1.165) is 0 Å². The lowest BCUT2D eigenvalue weighted by atomic mass is 10.2. The Labute approximate surface area is 121 Å². The summed E-state index contributed by atoms with van der Waals surface area (Å²) in [6.07, 6.45) is 0. The lowest BCUT2D eigenvalue weighted by Gasteiger charge is -2.06. The molecule has 6 nitrogen and oxygen atoms in total. The number of nitriles is 1. The number of nitrogens with zero attached hydrogens (tertiary/aromatic N) is 2. The second-order valence-electron chi connectivity index (χ2n) is 4.01. The summed E-state index contributed by atoms with van der Waals surface area (Å²) in [6, 6.07) is 7.41. The number of rotatable bonds is 4. The van der Waals surface area contributed by atoms with Crippen LogP contribution in [-0.2, 0) is 16.6 Å². The fourth-order valence-corrected chi connectivity index (χ4v) is 2.82. The first kappa shape index (κ1) is 14.5. The van der Waals surface area contributed by atoms with Gasteiger partial charge in [-0.15, -0.1) is 0 Å². The molecule has 0 spiro atoms. The number of benzene rings is 1. The van der Waals surface area contributed by atoms with Crippen LogP contribution in [0.25, 0.3) is 0 Å². The van der Waals surface area contributed by atoms with Crippen LogP contribution in [0.5, 0.6) is 0 Å². The number of hydrogen-bond acceptors (Lipinski definition) is 5. The third kappa shape index (κ3) is 3.17. The Bertz CT molecular complexity index is 777. The summed E-state index contributed by atoms with van der Waals surface area (Å²) in [5.74, 6) is 0.598. The van der Waals surface area contributed by atoms with Gasteiger partial charge in [-0.2, -0.15) is 5.26 Å². The van der Waals surface area contributed by atoms with Crippen molar-refractivity contribution in [3.05, 3.63) is 46.3 Å². The molecule has 1 aromatic heterocycles. The number of sulfonamides is 1. The van der Waals surface area contributed by atoms with E-state index in [-0.39, 0.29) is 22.0 Å². The Morgan fingerprint density at radius 2 is 2.20 bits per heavy atom. The third-order valence-electron chi connectivity index (χ3n) is 2.49. The van der Waals surface area contributed by atoms with Crippen LogP contribution in [0.1, 0.15) is 17.0 Å². The van der Waals surface area contributed by atoms with Gasteiger partial charge in [-0.1, -0.05) is 16.8 Å². The molecule has 0 aliphatic heterocycles. The van der Waals surface area contributed by atoms with Crippen molar-refractivity contribution in [2.45, 2.75) is 18.4 Å². The fourth-order valence-electron chi connectivity index (χ4n) is 1.51. The number of halogens is 1. The van der Waals surface area contributed by atoms with Crippen LogP contribution >= 0.6 is 11.6 Å². The summed E-state index contributed by atoms with van der Waals surface area (Å²) < 4.78 is 31.3. The zero-order valence-corrected chi connectivity index (χ0v) is 12.0. The number of nitrogens with one attached hydrogen (secondary N) is 1. The second kappa shape index (κ2) is 5.63. The second-order valence-corrected chi connectivity index (χ2v) is 6.18. The molecule has 0 aliphatic carbocycles. The molecule has 0 saturated heterocycles. The molecule has 0 unspecified atom stereocenters. The van der Waals surface area contributed by atoms with Crippen LogP contribution < -0.4 is 4.72 Å². The van der Waals surface area contributed by atoms with E-state index in [9.17, 15) is 8.42 Å². The van der Waals surface area contributed by atoms with Gasteiger partial charge in [-0.05, 0) is 25.1 Å². The van der Waals surface area contributed by atoms with E-state index in [1.165, 1.54) is 18.2 Å². The minimum atomic E-state index is -3.72. The molecular weight excluding hydrogens is 302 g/mol. The molecule has 1 heterocycles. The van der Waals surface area contributed by atoms with Crippen LogP contribution in [0.4, 0.5) is 0 Å². The minimum Gasteiger partial charge on any atom is -0.361 e. The van der Waals surface area contributed by atoms with Crippen molar-refractivity contribution in [3.8, 4) is 6.07 Å². The highest BCUT2D eigenvalue weighted by Gasteiger charge is 2.16. The first-order chi connectivity index (χ1) is 9.42. The summed E-state index contributed by atoms with van der Waals surface area (Å²) >= 11 is 5.81. The van der Waals surface area contributed by atoms with Gasteiger partial charge in [0.15, 0.2) is 0 Å². The van der Waals surface area contributed by atoms with Crippen LogP contribution in [0, 0.1) is 18.3 Å². The van der Waals surface area contributed by atoms with E-state index in [1.807, 2.05) is 6.07 Å². The summed E-state index contributed by atoms with van der Waals surface area (Å²) in [5.41, 5.74) is 0.698. The molecule has 1 aromatic carbocycles. The van der Waals surface area contributed by atoms with E-state index >= 15 is 0 Å². The summed E-state index contributed by atoms with van der Waals surface area (Å²) in [7, 11) is -3.72. The van der Waals surface area contributed by atoms with Gasteiger partial charge in [-0.25, -0.2) is 13.1 Å². The number of aromatic nitrogens is 1. The average Bonchev–Trinajstić information content (AvgIpc) is 2.82. The molecule has 104 valence electrons. The molecular formula is C12H10ClN3O3S. The van der Waals surface area contributed by atoms with E-state index < -0.39 is 10.0 Å². The van der Waals surface area contributed by atoms with E-state index in [4.69, 9.17) is 21.4 Å². The van der Waals surface area contributed by atoms with Crippen LogP contribution in [0.15, 0.2) is 33.7 Å². The summed E-state index contributed by atoms with van der Waals surface area (Å²) in [4.78, 5) is -0.0123. The first-order valence-corrected chi connectivity index (χ1v) is 7.40. The van der Waals surface area contributed by atoms with Crippen molar-refractivity contribution in [1.82, 2.24) is 9.88 Å². The molecule has 0 atom stereocenters. The van der Waals surface area contributed by atoms with Gasteiger partial charge < -0.3 is 4.52 Å². The number of aryl methyl sites for hydroxylation is 1. The van der Waals surface area contributed by atoms with E-state index in [2.05, 4.69) is 9.88 Å². The molecule has 2 rings (SSSR count). The first-order valence-electron chi connectivity index (χ1n) is 5.54. The van der Waals surface area contributed by atoms with Crippen LogP contribution in [0.3, 0.4) is 0 Å². The highest BCUT2D eigenvalue weighted by Crippen LogP contribution is 2.20. The SMILES string of the molecule is Cc1cc(CNS(=O)(=O)c2ccc(C#N)c(Cl)c2)no1. The summed E-state index contributed by atoms with van der Waals surface area (Å²) in [6.45, 7) is 1.72. The smallest absolute Gasteiger partial charge is 0.240 e. The normalized spacial score (nSPS) is 11.2. The maximum absolute atomic E-state index is 12.1. The van der Waals surface area contributed by atoms with Crippen molar-refractivity contribution < 1.29 is 12.9 Å². The predicted octanol–water partition coefficient (Wildman–Crippen LogP) is 1.99. The van der Waals surface area contributed by atoms with Gasteiger partial charge in [0.05, 0.1) is 27.7 Å². The molecule has 0 fully saturated rings. The van der Waals surface area contributed by atoms with Gasteiger partial charge in [0.2, 0.25) is 10.0 Å². The maximum atomic E-state index is 12.1. The predicted molar refractivity (Wildman–Crippen MR) is 71.4 cm³/mol. The Kier molecular flexibility index (Phi) is 4.09. The van der Waals surface area contributed by atoms with E-state index in [1.54, 1.807) is 13.0 Å². The van der Waals surface area contributed by atoms with Crippen molar-refractivity contribution in [2.24, 2.45) is 0 Å². The molecule has 1 N–H and O–H groups in total. The van der Waals surface area contributed by atoms with Gasteiger partial charge in [0, 0.05) is 6.07 Å². The molecule has 0 amide bonds. The highest BCUT2D eigenvalue weighted by molar-refractivity contribution is 7.89. The molecule has 8 heteroatoms. The molecule has 2 aromatic rings. The lowest BCUT2D eigenvalue weighted by Crippen LogP contribution is -2.23. The van der Waals surface area contributed by atoms with Crippen molar-refractivity contribution in [3.63, 3.8) is 0 Å². The lowest BCUT2D eigenvalue weighted by molar-refractivity contribution is 0.390. The maximum Gasteiger partial charge on any atom is 0.240 e. The molecule has 20 heavy (non-hydrogen) atoms. The third-order valence-corrected chi connectivity index (χ3v) is 4.20. The van der Waals surface area contributed by atoms with Gasteiger partial charge in [-0.3, -0.25) is 0 Å². The summed E-state index contributed by atoms with van der Waals surface area (Å²) in [5, 5.41) is 12.5. The largest absolute Gasteiger partial charge is 0.361 e. The monoisotopic (exact) mass is 311 g/mol. The van der Waals surface area contributed by atoms with Crippen molar-refractivity contribution in [1.29, 1.82) is 5.26 Å². The fraction of sp³-hybridized carbons (Fsp3) is 0.167. The average molecular weight is 312 g/mol. The zero-order valence-electron chi connectivity index (χ0n) is 10.4. The van der Waals surface area contributed by atoms with Gasteiger partial charge >= 0.3 is 0 Å². The topological polar surface area (TPSA) is 96.0 Å². The van der Waals surface area contributed by atoms with Crippen LogP contribution in [0.2, 0.25) is 5.02 Å². The minimum absolute atomic E-state index is 0.0112. The van der Waals surface area contributed by atoms with Gasteiger partial charge in [0.1, 0.15) is 11.8 Å². The quantitative estimate of drug-likeness (QED) is 0.931. The Morgan fingerprint density at radius 1 is 1.45 bits per heavy atom.